The molecule has 3 nitrogen and oxygen atoms in total. The lowest BCUT2D eigenvalue weighted by Gasteiger charge is -2.15. The zero-order chi connectivity index (χ0) is 15.5. The highest BCUT2D eigenvalue weighted by Crippen LogP contribution is 2.17. The van der Waals surface area contributed by atoms with E-state index in [0.717, 1.165) is 36.9 Å². The van der Waals surface area contributed by atoms with Gasteiger partial charge in [-0.05, 0) is 31.0 Å². The van der Waals surface area contributed by atoms with Crippen molar-refractivity contribution < 1.29 is 9.90 Å². The van der Waals surface area contributed by atoms with Crippen molar-refractivity contribution in [3.63, 3.8) is 0 Å². The van der Waals surface area contributed by atoms with Crippen LogP contribution in [0.5, 0.6) is 0 Å². The molecule has 0 spiro atoms. The lowest BCUT2D eigenvalue weighted by atomic mass is 9.97. The highest BCUT2D eigenvalue weighted by Gasteiger charge is 2.16. The predicted molar refractivity (Wildman–Crippen MR) is 87.0 cm³/mol. The normalized spacial score (nSPS) is 10.1. The molecular weight excluding hydrogens is 262 g/mol. The number of hydrogen-bond acceptors (Lipinski definition) is 2. The Morgan fingerprint density at radius 1 is 1.29 bits per heavy atom. The Morgan fingerprint density at radius 2 is 2.00 bits per heavy atom. The van der Waals surface area contributed by atoms with Gasteiger partial charge in [-0.25, -0.2) is 0 Å². The molecule has 0 bridgehead atoms. The number of anilines is 1. The Bertz CT molecular complexity index is 493. The van der Waals surface area contributed by atoms with Gasteiger partial charge in [0.05, 0.1) is 6.61 Å². The van der Waals surface area contributed by atoms with Crippen LogP contribution in [-0.2, 0) is 4.79 Å². The van der Waals surface area contributed by atoms with Gasteiger partial charge < -0.3 is 10.4 Å². The molecule has 0 saturated heterocycles. The number of rotatable bonds is 7. The second-order valence-corrected chi connectivity index (χ2v) is 5.12. The summed E-state index contributed by atoms with van der Waals surface area (Å²) in [5.41, 5.74) is 1.64. The molecule has 0 atom stereocenters. The number of aliphatic hydroxyl groups excluding tert-OH is 1. The van der Waals surface area contributed by atoms with Crippen molar-refractivity contribution in [2.24, 2.45) is 5.92 Å². The standard InChI is InChI=1S/C18H25NO2/c1-3-8-16(9-4-2)18(21)19-17-12-7-11-15(14-17)10-5-6-13-20/h7,11-12,14,16,20H,3-4,6,8-9,13H2,1-2H3,(H,19,21). The average molecular weight is 287 g/mol. The number of hydrogen-bond donors (Lipinski definition) is 2. The summed E-state index contributed by atoms with van der Waals surface area (Å²) in [6.45, 7) is 4.28. The van der Waals surface area contributed by atoms with Gasteiger partial charge in [0.25, 0.3) is 0 Å². The lowest BCUT2D eigenvalue weighted by molar-refractivity contribution is -0.120. The molecule has 3 heteroatoms. The van der Waals surface area contributed by atoms with Crippen LogP contribution in [0.3, 0.4) is 0 Å². The molecular formula is C18H25NO2. The molecule has 1 aromatic carbocycles. The lowest BCUT2D eigenvalue weighted by Crippen LogP contribution is -2.22. The SMILES string of the molecule is CCCC(CCC)C(=O)Nc1cccc(C#CCCO)c1. The summed E-state index contributed by atoms with van der Waals surface area (Å²) in [7, 11) is 0. The van der Waals surface area contributed by atoms with E-state index in [1.807, 2.05) is 24.3 Å². The first kappa shape index (κ1) is 17.3. The van der Waals surface area contributed by atoms with Crippen LogP contribution in [0.15, 0.2) is 24.3 Å². The molecule has 1 rings (SSSR count). The summed E-state index contributed by atoms with van der Waals surface area (Å²) in [6, 6.07) is 7.53. The molecule has 0 radical (unpaired) electrons. The zero-order valence-corrected chi connectivity index (χ0v) is 13.0. The van der Waals surface area contributed by atoms with E-state index in [1.54, 1.807) is 0 Å². The topological polar surface area (TPSA) is 49.3 Å². The van der Waals surface area contributed by atoms with E-state index in [-0.39, 0.29) is 18.4 Å². The van der Waals surface area contributed by atoms with Gasteiger partial charge in [0.2, 0.25) is 5.91 Å². The number of aliphatic hydroxyl groups is 1. The number of carbonyl (C=O) groups excluding carboxylic acids is 1. The van der Waals surface area contributed by atoms with Crippen LogP contribution in [0.1, 0.15) is 51.5 Å². The molecule has 0 aliphatic heterocycles. The molecule has 0 aromatic heterocycles. The van der Waals surface area contributed by atoms with Crippen molar-refractivity contribution >= 4 is 11.6 Å². The fraction of sp³-hybridized carbons (Fsp3) is 0.500. The Kier molecular flexibility index (Phi) is 8.23. The Morgan fingerprint density at radius 3 is 2.62 bits per heavy atom. The van der Waals surface area contributed by atoms with Crippen LogP contribution in [-0.4, -0.2) is 17.6 Å². The molecule has 0 saturated carbocycles. The van der Waals surface area contributed by atoms with Crippen molar-refractivity contribution in [2.45, 2.75) is 46.0 Å². The molecule has 21 heavy (non-hydrogen) atoms. The van der Waals surface area contributed by atoms with E-state index in [4.69, 9.17) is 5.11 Å². The zero-order valence-electron chi connectivity index (χ0n) is 13.0. The summed E-state index contributed by atoms with van der Waals surface area (Å²) in [6.07, 6.45) is 4.35. The first-order valence-electron chi connectivity index (χ1n) is 7.71. The van der Waals surface area contributed by atoms with Gasteiger partial charge in [-0.1, -0.05) is 44.6 Å². The van der Waals surface area contributed by atoms with Gasteiger partial charge in [-0.15, -0.1) is 0 Å². The van der Waals surface area contributed by atoms with Crippen LogP contribution in [0.2, 0.25) is 0 Å². The maximum Gasteiger partial charge on any atom is 0.227 e. The van der Waals surface area contributed by atoms with E-state index >= 15 is 0 Å². The smallest absolute Gasteiger partial charge is 0.227 e. The summed E-state index contributed by atoms with van der Waals surface area (Å²) in [5.74, 6) is 6.04. The van der Waals surface area contributed by atoms with Crippen LogP contribution in [0.4, 0.5) is 5.69 Å². The molecule has 0 aliphatic rings. The Labute approximate surface area is 127 Å². The third-order valence-electron chi connectivity index (χ3n) is 3.24. The highest BCUT2D eigenvalue weighted by molar-refractivity contribution is 5.92. The van der Waals surface area contributed by atoms with Crippen LogP contribution in [0.25, 0.3) is 0 Å². The average Bonchev–Trinajstić information content (AvgIpc) is 2.48. The third-order valence-corrected chi connectivity index (χ3v) is 3.24. The minimum Gasteiger partial charge on any atom is -0.395 e. The fourth-order valence-corrected chi connectivity index (χ4v) is 2.24. The Hall–Kier alpha value is -1.79. The molecule has 2 N–H and O–H groups in total. The van der Waals surface area contributed by atoms with E-state index in [9.17, 15) is 4.79 Å². The Balaban J connectivity index is 2.71. The van der Waals surface area contributed by atoms with E-state index in [2.05, 4.69) is 31.0 Å². The van der Waals surface area contributed by atoms with Gasteiger partial charge >= 0.3 is 0 Å². The second-order valence-electron chi connectivity index (χ2n) is 5.12. The third kappa shape index (κ3) is 6.46. The molecule has 0 unspecified atom stereocenters. The minimum absolute atomic E-state index is 0.0686. The van der Waals surface area contributed by atoms with Crippen molar-refractivity contribution in [1.29, 1.82) is 0 Å². The second kappa shape index (κ2) is 10.0. The number of nitrogens with one attached hydrogen (secondary N) is 1. The quantitative estimate of drug-likeness (QED) is 0.753. The minimum atomic E-state index is 0.0686. The highest BCUT2D eigenvalue weighted by atomic mass is 16.2. The largest absolute Gasteiger partial charge is 0.395 e. The van der Waals surface area contributed by atoms with E-state index < -0.39 is 0 Å². The number of benzene rings is 1. The van der Waals surface area contributed by atoms with Crippen molar-refractivity contribution in [1.82, 2.24) is 0 Å². The molecule has 0 heterocycles. The summed E-state index contributed by atoms with van der Waals surface area (Å²) >= 11 is 0. The first-order valence-corrected chi connectivity index (χ1v) is 7.71. The monoisotopic (exact) mass is 287 g/mol. The van der Waals surface area contributed by atoms with Crippen LogP contribution >= 0.6 is 0 Å². The maximum absolute atomic E-state index is 12.3. The molecule has 1 amide bonds. The number of carbonyl (C=O) groups is 1. The first-order chi connectivity index (χ1) is 10.2. The van der Waals surface area contributed by atoms with E-state index in [0.29, 0.717) is 6.42 Å². The summed E-state index contributed by atoms with van der Waals surface area (Å²) in [4.78, 5) is 12.3. The summed E-state index contributed by atoms with van der Waals surface area (Å²) in [5, 5.41) is 11.7. The fourth-order valence-electron chi connectivity index (χ4n) is 2.24. The molecule has 1 aromatic rings. The van der Waals surface area contributed by atoms with Gasteiger partial charge in [-0.2, -0.15) is 0 Å². The van der Waals surface area contributed by atoms with Crippen molar-refractivity contribution in [2.75, 3.05) is 11.9 Å². The maximum atomic E-state index is 12.3. The summed E-state index contributed by atoms with van der Waals surface area (Å²) < 4.78 is 0. The van der Waals surface area contributed by atoms with Crippen LogP contribution < -0.4 is 5.32 Å². The number of amides is 1. The molecule has 114 valence electrons. The van der Waals surface area contributed by atoms with Crippen molar-refractivity contribution in [3.05, 3.63) is 29.8 Å². The van der Waals surface area contributed by atoms with Gasteiger partial charge in [0.1, 0.15) is 0 Å². The van der Waals surface area contributed by atoms with E-state index in [1.165, 1.54) is 0 Å². The molecule has 0 aliphatic carbocycles. The van der Waals surface area contributed by atoms with Crippen molar-refractivity contribution in [3.8, 4) is 11.8 Å². The van der Waals surface area contributed by atoms with Gasteiger partial charge in [0.15, 0.2) is 0 Å². The van der Waals surface area contributed by atoms with Gasteiger partial charge in [0, 0.05) is 23.6 Å². The van der Waals surface area contributed by atoms with Crippen LogP contribution in [0, 0.1) is 17.8 Å². The predicted octanol–water partition coefficient (Wildman–Crippen LogP) is 3.58. The molecule has 0 fully saturated rings. The van der Waals surface area contributed by atoms with Gasteiger partial charge in [-0.3, -0.25) is 4.79 Å².